The SMILES string of the molecule is O=C(Nc1ccccc1)NC1CCN(Cc2nnnn2-c2ccccc2)CC1. The summed E-state index contributed by atoms with van der Waals surface area (Å²) in [4.78, 5) is 14.5. The quantitative estimate of drug-likeness (QED) is 0.713. The Morgan fingerprint density at radius 2 is 1.68 bits per heavy atom. The third-order valence-corrected chi connectivity index (χ3v) is 4.85. The molecule has 4 rings (SSSR count). The van der Waals surface area contributed by atoms with Crippen molar-refractivity contribution in [2.45, 2.75) is 25.4 Å². The highest BCUT2D eigenvalue weighted by Crippen LogP contribution is 2.15. The molecule has 2 N–H and O–H groups in total. The summed E-state index contributed by atoms with van der Waals surface area (Å²) in [5, 5.41) is 18.1. The predicted octanol–water partition coefficient (Wildman–Crippen LogP) is 2.45. The second kappa shape index (κ2) is 8.62. The molecule has 1 aliphatic rings. The van der Waals surface area contributed by atoms with E-state index in [9.17, 15) is 4.79 Å². The van der Waals surface area contributed by atoms with Gasteiger partial charge in [0.25, 0.3) is 0 Å². The van der Waals surface area contributed by atoms with Crippen LogP contribution in [0.4, 0.5) is 10.5 Å². The van der Waals surface area contributed by atoms with Crippen molar-refractivity contribution in [1.82, 2.24) is 30.4 Å². The molecule has 2 amide bonds. The molecule has 0 atom stereocenters. The van der Waals surface area contributed by atoms with Gasteiger partial charge in [0.1, 0.15) is 0 Å². The van der Waals surface area contributed by atoms with Gasteiger partial charge in [-0.1, -0.05) is 36.4 Å². The highest BCUT2D eigenvalue weighted by atomic mass is 16.2. The summed E-state index contributed by atoms with van der Waals surface area (Å²) in [6.45, 7) is 2.46. The zero-order valence-electron chi connectivity index (χ0n) is 15.5. The molecule has 3 aromatic rings. The summed E-state index contributed by atoms with van der Waals surface area (Å²) < 4.78 is 1.78. The van der Waals surface area contributed by atoms with Crippen molar-refractivity contribution in [3.63, 3.8) is 0 Å². The van der Waals surface area contributed by atoms with Crippen LogP contribution in [0.1, 0.15) is 18.7 Å². The van der Waals surface area contributed by atoms with E-state index in [4.69, 9.17) is 0 Å². The molecule has 0 saturated carbocycles. The molecule has 1 aliphatic heterocycles. The highest BCUT2D eigenvalue weighted by Gasteiger charge is 2.22. The number of piperidine rings is 1. The van der Waals surface area contributed by atoms with Gasteiger partial charge < -0.3 is 10.6 Å². The van der Waals surface area contributed by atoms with Crippen LogP contribution in [0.3, 0.4) is 0 Å². The molecule has 144 valence electrons. The number of hydrogen-bond donors (Lipinski definition) is 2. The average molecular weight is 377 g/mol. The minimum atomic E-state index is -0.155. The molecule has 0 spiro atoms. The van der Waals surface area contributed by atoms with E-state index >= 15 is 0 Å². The van der Waals surface area contributed by atoms with Crippen molar-refractivity contribution in [2.24, 2.45) is 0 Å². The van der Waals surface area contributed by atoms with E-state index in [1.807, 2.05) is 60.7 Å². The number of likely N-dealkylation sites (tertiary alicyclic amines) is 1. The lowest BCUT2D eigenvalue weighted by atomic mass is 10.1. The normalized spacial score (nSPS) is 15.3. The topological polar surface area (TPSA) is 88.0 Å². The smallest absolute Gasteiger partial charge is 0.319 e. The molecule has 28 heavy (non-hydrogen) atoms. The maximum Gasteiger partial charge on any atom is 0.319 e. The van der Waals surface area contributed by atoms with Gasteiger partial charge in [-0.15, -0.1) is 5.10 Å². The van der Waals surface area contributed by atoms with Crippen LogP contribution in [-0.4, -0.2) is 50.3 Å². The molecular formula is C20H23N7O. The Kier molecular flexibility index (Phi) is 5.58. The third-order valence-electron chi connectivity index (χ3n) is 4.85. The Morgan fingerprint density at radius 1 is 1.00 bits per heavy atom. The molecule has 0 aliphatic carbocycles. The van der Waals surface area contributed by atoms with Crippen molar-refractivity contribution in [1.29, 1.82) is 0 Å². The van der Waals surface area contributed by atoms with E-state index in [2.05, 4.69) is 31.1 Å². The first kappa shape index (κ1) is 18.1. The molecule has 8 heteroatoms. The number of hydrogen-bond acceptors (Lipinski definition) is 5. The fourth-order valence-corrected chi connectivity index (χ4v) is 3.38. The Morgan fingerprint density at radius 3 is 2.39 bits per heavy atom. The second-order valence-corrected chi connectivity index (χ2v) is 6.86. The van der Waals surface area contributed by atoms with Crippen LogP contribution in [0.5, 0.6) is 0 Å². The van der Waals surface area contributed by atoms with E-state index < -0.39 is 0 Å². The number of nitrogens with one attached hydrogen (secondary N) is 2. The number of anilines is 1. The highest BCUT2D eigenvalue weighted by molar-refractivity contribution is 5.89. The summed E-state index contributed by atoms with van der Waals surface area (Å²) in [5.74, 6) is 0.819. The number of nitrogens with zero attached hydrogens (tertiary/aromatic N) is 5. The zero-order valence-corrected chi connectivity index (χ0v) is 15.5. The number of amides is 2. The Hall–Kier alpha value is -3.26. The minimum Gasteiger partial charge on any atom is -0.335 e. The number of carbonyl (C=O) groups is 1. The maximum absolute atomic E-state index is 12.2. The van der Waals surface area contributed by atoms with Crippen molar-refractivity contribution >= 4 is 11.7 Å². The van der Waals surface area contributed by atoms with Crippen LogP contribution in [0, 0.1) is 0 Å². The van der Waals surface area contributed by atoms with Gasteiger partial charge in [-0.3, -0.25) is 4.90 Å². The number of urea groups is 1. The third kappa shape index (κ3) is 4.52. The molecule has 1 aromatic heterocycles. The first-order valence-corrected chi connectivity index (χ1v) is 9.45. The molecule has 1 saturated heterocycles. The Balaban J connectivity index is 1.27. The number of rotatable bonds is 5. The Bertz CT molecular complexity index is 889. The second-order valence-electron chi connectivity index (χ2n) is 6.86. The summed E-state index contributed by atoms with van der Waals surface area (Å²) in [6.07, 6.45) is 1.80. The van der Waals surface area contributed by atoms with Gasteiger partial charge in [-0.2, -0.15) is 4.68 Å². The van der Waals surface area contributed by atoms with Gasteiger partial charge in [0, 0.05) is 24.8 Å². The number of para-hydroxylation sites is 2. The molecule has 2 heterocycles. The van der Waals surface area contributed by atoms with Crippen molar-refractivity contribution in [3.05, 3.63) is 66.5 Å². The lowest BCUT2D eigenvalue weighted by molar-refractivity contribution is 0.185. The monoisotopic (exact) mass is 377 g/mol. The predicted molar refractivity (Wildman–Crippen MR) is 106 cm³/mol. The molecule has 0 unspecified atom stereocenters. The number of tetrazole rings is 1. The molecule has 1 fully saturated rings. The molecule has 0 bridgehead atoms. The lowest BCUT2D eigenvalue weighted by Gasteiger charge is -2.31. The summed E-state index contributed by atoms with van der Waals surface area (Å²) in [5.41, 5.74) is 1.75. The summed E-state index contributed by atoms with van der Waals surface area (Å²) in [7, 11) is 0. The Labute approximate surface area is 163 Å². The van der Waals surface area contributed by atoms with Crippen LogP contribution in [0.15, 0.2) is 60.7 Å². The summed E-state index contributed by atoms with van der Waals surface area (Å²) >= 11 is 0. The summed E-state index contributed by atoms with van der Waals surface area (Å²) in [6, 6.07) is 19.4. The molecule has 2 aromatic carbocycles. The van der Waals surface area contributed by atoms with Crippen molar-refractivity contribution in [3.8, 4) is 5.69 Å². The van der Waals surface area contributed by atoms with E-state index in [1.165, 1.54) is 0 Å². The van der Waals surface area contributed by atoms with E-state index in [0.717, 1.165) is 43.1 Å². The van der Waals surface area contributed by atoms with Crippen molar-refractivity contribution < 1.29 is 4.79 Å². The van der Waals surface area contributed by atoms with E-state index in [1.54, 1.807) is 4.68 Å². The van der Waals surface area contributed by atoms with E-state index in [0.29, 0.717) is 6.54 Å². The molecular weight excluding hydrogens is 354 g/mol. The first-order valence-electron chi connectivity index (χ1n) is 9.45. The fourth-order valence-electron chi connectivity index (χ4n) is 3.38. The van der Waals surface area contributed by atoms with Gasteiger partial charge in [0.05, 0.1) is 12.2 Å². The van der Waals surface area contributed by atoms with Gasteiger partial charge in [-0.25, -0.2) is 4.79 Å². The minimum absolute atomic E-state index is 0.155. The lowest BCUT2D eigenvalue weighted by Crippen LogP contribution is -2.45. The average Bonchev–Trinajstić information content (AvgIpc) is 3.19. The van der Waals surface area contributed by atoms with Crippen LogP contribution in [0.2, 0.25) is 0 Å². The van der Waals surface area contributed by atoms with Gasteiger partial charge in [0.2, 0.25) is 0 Å². The largest absolute Gasteiger partial charge is 0.335 e. The van der Waals surface area contributed by atoms with Crippen LogP contribution < -0.4 is 10.6 Å². The van der Waals surface area contributed by atoms with Crippen LogP contribution >= 0.6 is 0 Å². The molecule has 0 radical (unpaired) electrons. The van der Waals surface area contributed by atoms with Crippen LogP contribution in [-0.2, 0) is 6.54 Å². The maximum atomic E-state index is 12.2. The van der Waals surface area contributed by atoms with Gasteiger partial charge in [0.15, 0.2) is 5.82 Å². The zero-order chi connectivity index (χ0) is 19.2. The number of carbonyl (C=O) groups excluding carboxylic acids is 1. The van der Waals surface area contributed by atoms with Gasteiger partial charge in [-0.05, 0) is 47.5 Å². The standard InChI is InChI=1S/C20H23N7O/c28-20(21-16-7-3-1-4-8-16)22-17-11-13-26(14-12-17)15-19-23-24-25-27(19)18-9-5-2-6-10-18/h1-10,17H,11-15H2,(H2,21,22,28). The molecule has 8 nitrogen and oxygen atoms in total. The van der Waals surface area contributed by atoms with Gasteiger partial charge >= 0.3 is 6.03 Å². The number of benzene rings is 2. The van der Waals surface area contributed by atoms with Crippen molar-refractivity contribution in [2.75, 3.05) is 18.4 Å². The number of aromatic nitrogens is 4. The fraction of sp³-hybridized carbons (Fsp3) is 0.300. The van der Waals surface area contributed by atoms with E-state index in [-0.39, 0.29) is 12.1 Å². The first-order chi connectivity index (χ1) is 13.8. The van der Waals surface area contributed by atoms with Crippen LogP contribution in [0.25, 0.3) is 5.69 Å².